The highest BCUT2D eigenvalue weighted by Gasteiger charge is 2.60. The lowest BCUT2D eigenvalue weighted by Crippen LogP contribution is -2.70. The topological polar surface area (TPSA) is 380 Å². The number of rotatable bonds is 77. The number of ether oxygens (including phenoxy) is 8. The van der Waals surface area contributed by atoms with E-state index >= 15 is 0 Å². The summed E-state index contributed by atoms with van der Waals surface area (Å²) in [4.78, 5) is 66.5. The Morgan fingerprint density at radius 2 is 0.686 bits per heavy atom. The van der Waals surface area contributed by atoms with Crippen LogP contribution in [0.3, 0.4) is 0 Å². The Bertz CT molecular complexity index is 2520. The van der Waals surface area contributed by atoms with Crippen molar-refractivity contribution >= 4 is 31.7 Å². The fraction of sp³-hybridized carbons (Fsp3) is 0.935. The van der Waals surface area contributed by atoms with E-state index in [2.05, 4.69) is 46.8 Å². The zero-order valence-electron chi connectivity index (χ0n) is 74.1. The first kappa shape index (κ1) is 109. The molecule has 1 saturated carbocycles. The van der Waals surface area contributed by atoms with Crippen LogP contribution in [0.15, 0.2) is 12.2 Å². The highest BCUT2D eigenvalue weighted by molar-refractivity contribution is 7.47. The van der Waals surface area contributed by atoms with Gasteiger partial charge < -0.3 is 88.7 Å². The van der Waals surface area contributed by atoms with Crippen molar-refractivity contribution in [2.75, 3.05) is 26.4 Å². The van der Waals surface area contributed by atoms with Crippen molar-refractivity contribution in [2.45, 2.75) is 518 Å². The molecule has 2 saturated heterocycles. The number of hydrogen-bond donors (Lipinski definition) is 10. The van der Waals surface area contributed by atoms with Crippen LogP contribution in [0.25, 0.3) is 0 Å². The van der Waals surface area contributed by atoms with Crippen LogP contribution < -0.4 is 0 Å². The van der Waals surface area contributed by atoms with Gasteiger partial charge in [0, 0.05) is 25.7 Å². The maximum Gasteiger partial charge on any atom is 0.472 e. The van der Waals surface area contributed by atoms with Gasteiger partial charge in [0.1, 0.15) is 92.6 Å². The van der Waals surface area contributed by atoms with Gasteiger partial charge in [-0.1, -0.05) is 349 Å². The fourth-order valence-corrected chi connectivity index (χ4v) is 16.9. The van der Waals surface area contributed by atoms with Gasteiger partial charge in [-0.2, -0.15) is 0 Å². The number of phosphoric ester groups is 1. The maximum atomic E-state index is 14.9. The smallest absolute Gasteiger partial charge is 0.463 e. The number of esters is 4. The molecule has 19 unspecified atom stereocenters. The summed E-state index contributed by atoms with van der Waals surface area (Å²) < 4.78 is 73.5. The van der Waals surface area contributed by atoms with Crippen LogP contribution in [0.1, 0.15) is 413 Å². The monoisotopic (exact) mass is 1710 g/mol. The highest BCUT2D eigenvalue weighted by Crippen LogP contribution is 2.49. The molecule has 19 atom stereocenters. The summed E-state index contributed by atoms with van der Waals surface area (Å²) in [5.74, 6) is -2.29. The Kier molecular flexibility index (Phi) is 65.2. The molecule has 0 amide bonds. The second-order valence-electron chi connectivity index (χ2n) is 34.5. The number of aliphatic hydroxyl groups excluding tert-OH is 9. The number of carbonyl (C=O) groups is 4. The highest BCUT2D eigenvalue weighted by atomic mass is 31.2. The zero-order valence-corrected chi connectivity index (χ0v) is 75.0. The second-order valence-corrected chi connectivity index (χ2v) is 35.9. The van der Waals surface area contributed by atoms with Gasteiger partial charge in [-0.25, -0.2) is 4.57 Å². The minimum Gasteiger partial charge on any atom is -0.463 e. The molecule has 0 aromatic carbocycles. The lowest BCUT2D eigenvalue weighted by atomic mass is 9.84. The van der Waals surface area contributed by atoms with E-state index in [-0.39, 0.29) is 25.7 Å². The van der Waals surface area contributed by atoms with E-state index in [0.717, 1.165) is 148 Å². The quantitative estimate of drug-likeness (QED) is 0.00889. The Balaban J connectivity index is 1.91. The van der Waals surface area contributed by atoms with Crippen LogP contribution in [-0.4, -0.2) is 205 Å². The first-order chi connectivity index (χ1) is 57.1. The zero-order chi connectivity index (χ0) is 86.2. The minimum atomic E-state index is -5.81. The molecule has 25 nitrogen and oxygen atoms in total. The molecule has 0 bridgehead atoms. The van der Waals surface area contributed by atoms with Gasteiger partial charge in [0.2, 0.25) is 0 Å². The van der Waals surface area contributed by atoms with Gasteiger partial charge in [-0.05, 0) is 57.3 Å². The van der Waals surface area contributed by atoms with Crippen LogP contribution in [0.4, 0.5) is 0 Å². The van der Waals surface area contributed by atoms with E-state index in [1.807, 2.05) is 0 Å². The van der Waals surface area contributed by atoms with Gasteiger partial charge in [0.15, 0.2) is 24.8 Å². The van der Waals surface area contributed by atoms with Crippen LogP contribution in [0.5, 0.6) is 0 Å². The summed E-state index contributed by atoms with van der Waals surface area (Å²) in [5.41, 5.74) is 0. The van der Waals surface area contributed by atoms with E-state index in [1.54, 1.807) is 0 Å². The second kappa shape index (κ2) is 70.4. The molecular formula is C92H171O25P. The Morgan fingerprint density at radius 1 is 0.356 bits per heavy atom. The van der Waals surface area contributed by atoms with Crippen molar-refractivity contribution < 1.29 is 122 Å². The maximum absolute atomic E-state index is 14.9. The standard InChI is InChI=1S/C92H171O25P/c1-6-10-14-18-22-25-28-31-33-36-38-41-44-51-57-63-75(94)108-68-72(111-77(96)65-59-54-48-47-50-56-62-71(5)61-55-49-21-17-13-9-4)69-110-118(106,107)117-90-88(115-91-85(104)81(100)79(98)73(67-93)112-91)84(103)83(102)87(114-78(97)66-60-53-46-43-40-35-30-27-24-20-16-12-8-3)89(90)116-92-86(105)82(101)80(99)74(113-92)70-109-76(95)64-58-52-45-42-39-37-34-32-29-26-23-19-15-11-7-2/h25,28,71-74,79-93,98-105H,6-24,26-27,29-70H2,1-5H3,(H,106,107)/b28-25-. The van der Waals surface area contributed by atoms with Crippen molar-refractivity contribution in [1.82, 2.24) is 0 Å². The summed E-state index contributed by atoms with van der Waals surface area (Å²) in [7, 11) is -5.81. The molecule has 118 heavy (non-hydrogen) atoms. The molecule has 1 aliphatic carbocycles. The fourth-order valence-electron chi connectivity index (χ4n) is 16.0. The van der Waals surface area contributed by atoms with Crippen molar-refractivity contribution in [1.29, 1.82) is 0 Å². The predicted octanol–water partition coefficient (Wildman–Crippen LogP) is 17.8. The summed E-state index contributed by atoms with van der Waals surface area (Å²) in [5, 5.41) is 102. The van der Waals surface area contributed by atoms with Crippen LogP contribution in [-0.2, 0) is 70.7 Å². The Labute approximate surface area is 712 Å². The molecule has 3 rings (SSSR count). The normalized spacial score (nSPS) is 25.2. The first-order valence-corrected chi connectivity index (χ1v) is 49.3. The third-order valence-corrected chi connectivity index (χ3v) is 24.7. The molecule has 0 aromatic heterocycles. The number of phosphoric acid groups is 1. The largest absolute Gasteiger partial charge is 0.472 e. The van der Waals surface area contributed by atoms with Crippen molar-refractivity contribution in [3.05, 3.63) is 12.2 Å². The molecule has 2 aliphatic heterocycles. The van der Waals surface area contributed by atoms with Crippen LogP contribution >= 0.6 is 7.82 Å². The summed E-state index contributed by atoms with van der Waals surface area (Å²) in [6.45, 7) is 7.92. The number of unbranched alkanes of at least 4 members (excludes halogenated alkanes) is 47. The lowest BCUT2D eigenvalue weighted by molar-refractivity contribution is -0.360. The molecule has 0 radical (unpaired) electrons. The summed E-state index contributed by atoms with van der Waals surface area (Å²) >= 11 is 0. The Hall–Kier alpha value is -2.79. The molecule has 3 aliphatic rings. The van der Waals surface area contributed by atoms with Crippen LogP contribution in [0.2, 0.25) is 0 Å². The van der Waals surface area contributed by atoms with Crippen molar-refractivity contribution in [3.8, 4) is 0 Å². The molecule has 3 fully saturated rings. The van der Waals surface area contributed by atoms with E-state index in [1.165, 1.54) is 173 Å². The molecule has 10 N–H and O–H groups in total. The van der Waals surface area contributed by atoms with E-state index in [4.69, 9.17) is 46.9 Å². The van der Waals surface area contributed by atoms with Gasteiger partial charge >= 0.3 is 31.7 Å². The number of hydrogen-bond acceptors (Lipinski definition) is 24. The van der Waals surface area contributed by atoms with Crippen LogP contribution in [0, 0.1) is 5.92 Å². The number of aliphatic hydroxyl groups is 9. The third kappa shape index (κ3) is 50.4. The van der Waals surface area contributed by atoms with Crippen molar-refractivity contribution in [2.24, 2.45) is 5.92 Å². The lowest BCUT2D eigenvalue weighted by Gasteiger charge is -2.50. The molecule has 26 heteroatoms. The molecule has 694 valence electrons. The summed E-state index contributed by atoms with van der Waals surface area (Å²) in [6, 6.07) is 0. The Morgan fingerprint density at radius 3 is 1.10 bits per heavy atom. The molecular weight excluding hydrogens is 1540 g/mol. The third-order valence-electron chi connectivity index (χ3n) is 23.7. The average molecular weight is 1710 g/mol. The van der Waals surface area contributed by atoms with Gasteiger partial charge in [-0.15, -0.1) is 0 Å². The number of allylic oxidation sites excluding steroid dienone is 2. The summed E-state index contributed by atoms with van der Waals surface area (Å²) in [6.07, 6.45) is 27.7. The van der Waals surface area contributed by atoms with E-state index in [0.29, 0.717) is 38.0 Å². The first-order valence-electron chi connectivity index (χ1n) is 47.8. The van der Waals surface area contributed by atoms with Crippen molar-refractivity contribution in [3.63, 3.8) is 0 Å². The van der Waals surface area contributed by atoms with Gasteiger partial charge in [0.25, 0.3) is 0 Å². The average Bonchev–Trinajstić information content (AvgIpc) is 0.754. The van der Waals surface area contributed by atoms with E-state index < -0.39 is 162 Å². The van der Waals surface area contributed by atoms with Gasteiger partial charge in [-0.3, -0.25) is 28.2 Å². The SMILES string of the molecule is CCCCCC/C=C\CCCCCCCCCC(=O)OCC(COP(=O)(O)OC1C(OC2OC(CO)C(O)C(O)C2O)C(O)C(O)C(OC(=O)CCCCCCCCCCCCCCC)C1OC1OC(COC(=O)CCCCCCCCCCCCCCCCC)C(O)C(O)C1O)OC(=O)CCCCCCCCC(C)CCCCCCCC. The molecule has 0 spiro atoms. The minimum absolute atomic E-state index is 0.0186. The molecule has 0 aromatic rings. The number of carbonyl (C=O) groups excluding carboxylic acids is 4. The van der Waals surface area contributed by atoms with Gasteiger partial charge in [0.05, 0.1) is 13.2 Å². The molecule has 2 heterocycles. The van der Waals surface area contributed by atoms with E-state index in [9.17, 15) is 74.6 Å². The predicted molar refractivity (Wildman–Crippen MR) is 458 cm³/mol.